The zero-order valence-corrected chi connectivity index (χ0v) is 9.76. The Morgan fingerprint density at radius 1 is 1.38 bits per heavy atom. The number of anilines is 1. The summed E-state index contributed by atoms with van der Waals surface area (Å²) in [6, 6.07) is 4.87. The van der Waals surface area contributed by atoms with Crippen molar-refractivity contribution in [3.8, 4) is 6.07 Å². The number of hydrogen-bond acceptors (Lipinski definition) is 4. The number of aliphatic hydroxyl groups is 2. The van der Waals surface area contributed by atoms with Gasteiger partial charge in [-0.05, 0) is 12.1 Å². The molecule has 86 valence electrons. The molecule has 0 saturated heterocycles. The van der Waals surface area contributed by atoms with Crippen LogP contribution in [0, 0.1) is 11.3 Å². The van der Waals surface area contributed by atoms with Crippen LogP contribution in [-0.2, 0) is 0 Å². The lowest BCUT2D eigenvalue weighted by atomic mass is 10.2. The molecular formula is C10H10Cl2N2O2. The maximum absolute atomic E-state index is 9.15. The van der Waals surface area contributed by atoms with Crippen molar-refractivity contribution in [2.75, 3.05) is 18.5 Å². The second-order valence-corrected chi connectivity index (χ2v) is 3.96. The van der Waals surface area contributed by atoms with Crippen LogP contribution in [-0.4, -0.2) is 29.5 Å². The first-order valence-corrected chi connectivity index (χ1v) is 5.26. The molecule has 0 aliphatic rings. The summed E-state index contributed by atoms with van der Waals surface area (Å²) in [4.78, 5) is 0. The van der Waals surface area contributed by atoms with Crippen molar-refractivity contribution < 1.29 is 10.2 Å². The second kappa shape index (κ2) is 5.92. The number of rotatable bonds is 4. The van der Waals surface area contributed by atoms with E-state index >= 15 is 0 Å². The Balaban J connectivity index is 2.85. The molecule has 0 spiro atoms. The number of nitrogens with zero attached hydrogens (tertiary/aromatic N) is 1. The Morgan fingerprint density at radius 2 is 1.94 bits per heavy atom. The lowest BCUT2D eigenvalue weighted by molar-refractivity contribution is 0.105. The van der Waals surface area contributed by atoms with E-state index in [4.69, 9.17) is 38.7 Å². The van der Waals surface area contributed by atoms with Crippen molar-refractivity contribution >= 4 is 28.9 Å². The van der Waals surface area contributed by atoms with Gasteiger partial charge in [0.15, 0.2) is 0 Å². The molecule has 0 aliphatic heterocycles. The van der Waals surface area contributed by atoms with Gasteiger partial charge in [0.05, 0.1) is 40.1 Å². The van der Waals surface area contributed by atoms with Crippen LogP contribution < -0.4 is 5.32 Å². The van der Waals surface area contributed by atoms with Crippen molar-refractivity contribution in [2.45, 2.75) is 6.10 Å². The number of nitriles is 1. The fourth-order valence-corrected chi connectivity index (χ4v) is 1.71. The Bertz CT molecular complexity index is 395. The summed E-state index contributed by atoms with van der Waals surface area (Å²) in [5.41, 5.74) is 0.804. The topological polar surface area (TPSA) is 76.3 Å². The standard InChI is InChI=1S/C10H10Cl2N2O2/c11-8-1-6(3-13)2-9(12)10(8)14-4-7(16)5-15/h1-2,7,14-16H,4-5H2. The van der Waals surface area contributed by atoms with E-state index in [-0.39, 0.29) is 13.2 Å². The van der Waals surface area contributed by atoms with Gasteiger partial charge in [-0.1, -0.05) is 23.2 Å². The predicted molar refractivity (Wildman–Crippen MR) is 62.8 cm³/mol. The maximum atomic E-state index is 9.15. The smallest absolute Gasteiger partial charge is 0.0992 e. The molecule has 0 aliphatic carbocycles. The molecule has 16 heavy (non-hydrogen) atoms. The van der Waals surface area contributed by atoms with E-state index in [1.54, 1.807) is 0 Å². The Morgan fingerprint density at radius 3 is 2.38 bits per heavy atom. The summed E-state index contributed by atoms with van der Waals surface area (Å²) in [5, 5.41) is 29.9. The molecule has 0 bridgehead atoms. The van der Waals surface area contributed by atoms with E-state index in [1.165, 1.54) is 12.1 Å². The van der Waals surface area contributed by atoms with E-state index < -0.39 is 6.10 Å². The van der Waals surface area contributed by atoms with Gasteiger partial charge in [-0.3, -0.25) is 0 Å². The van der Waals surface area contributed by atoms with Crippen molar-refractivity contribution in [1.82, 2.24) is 0 Å². The summed E-state index contributed by atoms with van der Waals surface area (Å²) in [5.74, 6) is 0. The molecule has 3 N–H and O–H groups in total. The van der Waals surface area contributed by atoms with Crippen LogP contribution in [0.25, 0.3) is 0 Å². The van der Waals surface area contributed by atoms with Crippen LogP contribution in [0.15, 0.2) is 12.1 Å². The predicted octanol–water partition coefficient (Wildman–Crippen LogP) is 1.63. The molecule has 1 rings (SSSR count). The molecule has 0 radical (unpaired) electrons. The van der Waals surface area contributed by atoms with Crippen molar-refractivity contribution in [2.24, 2.45) is 0 Å². The van der Waals surface area contributed by atoms with E-state index in [0.717, 1.165) is 0 Å². The molecule has 0 amide bonds. The molecule has 0 fully saturated rings. The highest BCUT2D eigenvalue weighted by Gasteiger charge is 2.09. The Kier molecular flexibility index (Phi) is 4.84. The molecule has 0 heterocycles. The van der Waals surface area contributed by atoms with Crippen LogP contribution >= 0.6 is 23.2 Å². The molecular weight excluding hydrogens is 251 g/mol. The highest BCUT2D eigenvalue weighted by molar-refractivity contribution is 6.39. The van der Waals surface area contributed by atoms with Gasteiger partial charge < -0.3 is 15.5 Å². The molecule has 1 unspecified atom stereocenters. The minimum atomic E-state index is -0.886. The van der Waals surface area contributed by atoms with E-state index in [0.29, 0.717) is 21.3 Å². The molecule has 1 aromatic carbocycles. The molecule has 4 nitrogen and oxygen atoms in total. The third kappa shape index (κ3) is 3.26. The first kappa shape index (κ1) is 13.1. The maximum Gasteiger partial charge on any atom is 0.0992 e. The Labute approximate surface area is 103 Å². The monoisotopic (exact) mass is 260 g/mol. The zero-order valence-electron chi connectivity index (χ0n) is 8.24. The van der Waals surface area contributed by atoms with Gasteiger partial charge in [0.25, 0.3) is 0 Å². The Hall–Kier alpha value is -0.990. The molecule has 0 saturated carbocycles. The van der Waals surface area contributed by atoms with Gasteiger partial charge in [-0.25, -0.2) is 0 Å². The van der Waals surface area contributed by atoms with Crippen molar-refractivity contribution in [3.05, 3.63) is 27.7 Å². The second-order valence-electron chi connectivity index (χ2n) is 3.14. The lowest BCUT2D eigenvalue weighted by Gasteiger charge is -2.13. The van der Waals surface area contributed by atoms with Gasteiger partial charge >= 0.3 is 0 Å². The summed E-state index contributed by atoms with van der Waals surface area (Å²) in [7, 11) is 0. The zero-order chi connectivity index (χ0) is 12.1. The minimum Gasteiger partial charge on any atom is -0.394 e. The summed E-state index contributed by atoms with van der Waals surface area (Å²) in [6.45, 7) is -0.222. The fraction of sp³-hybridized carbons (Fsp3) is 0.300. The average Bonchev–Trinajstić information content (AvgIpc) is 2.27. The van der Waals surface area contributed by atoms with Gasteiger partial charge in [-0.2, -0.15) is 5.26 Å². The van der Waals surface area contributed by atoms with Crippen LogP contribution in [0.2, 0.25) is 10.0 Å². The summed E-state index contributed by atoms with van der Waals surface area (Å²) in [6.07, 6.45) is -0.886. The largest absolute Gasteiger partial charge is 0.394 e. The first-order valence-electron chi connectivity index (χ1n) is 4.50. The van der Waals surface area contributed by atoms with Gasteiger partial charge in [0, 0.05) is 6.54 Å². The number of aliphatic hydroxyl groups excluding tert-OH is 2. The molecule has 6 heteroatoms. The molecule has 1 aromatic rings. The SMILES string of the molecule is N#Cc1cc(Cl)c(NCC(O)CO)c(Cl)c1. The van der Waals surface area contributed by atoms with Crippen LogP contribution in [0.4, 0.5) is 5.69 Å². The van der Waals surface area contributed by atoms with Crippen LogP contribution in [0.5, 0.6) is 0 Å². The van der Waals surface area contributed by atoms with Crippen molar-refractivity contribution in [3.63, 3.8) is 0 Å². The fourth-order valence-electron chi connectivity index (χ4n) is 1.09. The van der Waals surface area contributed by atoms with E-state index in [1.807, 2.05) is 6.07 Å². The summed E-state index contributed by atoms with van der Waals surface area (Å²) < 4.78 is 0. The average molecular weight is 261 g/mol. The van der Waals surface area contributed by atoms with Crippen LogP contribution in [0.3, 0.4) is 0 Å². The third-order valence-electron chi connectivity index (χ3n) is 1.90. The molecule has 0 aromatic heterocycles. The van der Waals surface area contributed by atoms with Gasteiger partial charge in [-0.15, -0.1) is 0 Å². The lowest BCUT2D eigenvalue weighted by Crippen LogP contribution is -2.23. The third-order valence-corrected chi connectivity index (χ3v) is 2.49. The van der Waals surface area contributed by atoms with Crippen molar-refractivity contribution in [1.29, 1.82) is 5.26 Å². The highest BCUT2D eigenvalue weighted by atomic mass is 35.5. The highest BCUT2D eigenvalue weighted by Crippen LogP contribution is 2.31. The normalized spacial score (nSPS) is 11.9. The number of nitrogens with one attached hydrogen (secondary N) is 1. The van der Waals surface area contributed by atoms with Gasteiger partial charge in [0.2, 0.25) is 0 Å². The minimum absolute atomic E-state index is 0.127. The van der Waals surface area contributed by atoms with Gasteiger partial charge in [0.1, 0.15) is 0 Å². The van der Waals surface area contributed by atoms with Crippen LogP contribution in [0.1, 0.15) is 5.56 Å². The number of benzene rings is 1. The number of hydrogen-bond donors (Lipinski definition) is 3. The van der Waals surface area contributed by atoms with E-state index in [2.05, 4.69) is 5.32 Å². The molecule has 1 atom stereocenters. The quantitative estimate of drug-likeness (QED) is 0.769. The summed E-state index contributed by atoms with van der Waals surface area (Å²) >= 11 is 11.8. The van der Waals surface area contributed by atoms with E-state index in [9.17, 15) is 0 Å². The number of halogens is 2. The first-order chi connectivity index (χ1) is 7.58.